The number of nitrogens with zero attached hydrogens (tertiary/aromatic N) is 2. The van der Waals surface area contributed by atoms with Crippen molar-refractivity contribution < 1.29 is 5.21 Å². The maximum absolute atomic E-state index is 8.60. The summed E-state index contributed by atoms with van der Waals surface area (Å²) in [6, 6.07) is 0. The van der Waals surface area contributed by atoms with Crippen LogP contribution in [0.5, 0.6) is 0 Å². The van der Waals surface area contributed by atoms with Gasteiger partial charge in [0.05, 0.1) is 6.54 Å². The second-order valence-electron chi connectivity index (χ2n) is 5.34. The second-order valence-corrected chi connectivity index (χ2v) is 5.34. The molecular weight excluding hydrogens is 238 g/mol. The molecule has 3 N–H and O–H groups in total. The normalized spacial score (nSPS) is 12.3. The molecule has 0 radical (unpaired) electrons. The van der Waals surface area contributed by atoms with Crippen molar-refractivity contribution >= 4 is 5.84 Å². The average Bonchev–Trinajstić information content (AvgIpc) is 2.41. The number of hydrogen-bond acceptors (Lipinski definition) is 3. The van der Waals surface area contributed by atoms with Crippen LogP contribution in [0, 0.1) is 0 Å². The number of rotatable bonds is 13. The van der Waals surface area contributed by atoms with Gasteiger partial charge >= 0.3 is 0 Å². The Morgan fingerprint density at radius 2 is 1.47 bits per heavy atom. The highest BCUT2D eigenvalue weighted by Crippen LogP contribution is 2.09. The van der Waals surface area contributed by atoms with Crippen molar-refractivity contribution in [3.8, 4) is 0 Å². The minimum atomic E-state index is 0.313. The molecule has 0 aliphatic rings. The molecule has 0 rings (SSSR count). The van der Waals surface area contributed by atoms with Crippen molar-refractivity contribution in [3.05, 3.63) is 0 Å². The summed E-state index contributed by atoms with van der Waals surface area (Å²) in [4.78, 5) is 2.27. The molecule has 0 unspecified atom stereocenters. The lowest BCUT2D eigenvalue weighted by Crippen LogP contribution is -2.35. The molecule has 0 fully saturated rings. The van der Waals surface area contributed by atoms with Gasteiger partial charge in [0.25, 0.3) is 0 Å². The van der Waals surface area contributed by atoms with E-state index in [1.54, 1.807) is 0 Å². The summed E-state index contributed by atoms with van der Waals surface area (Å²) < 4.78 is 0. The summed E-state index contributed by atoms with van der Waals surface area (Å²) in [6.07, 6.45) is 11.8. The minimum Gasteiger partial charge on any atom is -0.409 e. The Labute approximate surface area is 119 Å². The molecule has 0 spiro atoms. The summed E-state index contributed by atoms with van der Waals surface area (Å²) in [6.45, 7) is 7.07. The van der Waals surface area contributed by atoms with E-state index < -0.39 is 0 Å². The van der Waals surface area contributed by atoms with E-state index in [0.29, 0.717) is 12.4 Å². The molecular formula is C15H33N3O. The fourth-order valence-corrected chi connectivity index (χ4v) is 2.32. The Morgan fingerprint density at radius 1 is 0.895 bits per heavy atom. The van der Waals surface area contributed by atoms with Gasteiger partial charge in [0.2, 0.25) is 0 Å². The SMILES string of the molecule is CCCCCCCCCCN(CCC)C/C(N)=N/O. The quantitative estimate of drug-likeness (QED) is 0.177. The molecule has 19 heavy (non-hydrogen) atoms. The van der Waals surface area contributed by atoms with Crippen molar-refractivity contribution in [2.75, 3.05) is 19.6 Å². The highest BCUT2D eigenvalue weighted by Gasteiger charge is 2.05. The van der Waals surface area contributed by atoms with Crippen molar-refractivity contribution in [3.63, 3.8) is 0 Å². The highest BCUT2D eigenvalue weighted by atomic mass is 16.4. The van der Waals surface area contributed by atoms with Crippen LogP contribution in [0.3, 0.4) is 0 Å². The van der Waals surface area contributed by atoms with E-state index in [2.05, 4.69) is 23.9 Å². The van der Waals surface area contributed by atoms with Gasteiger partial charge in [-0.25, -0.2) is 0 Å². The lowest BCUT2D eigenvalue weighted by Gasteiger charge is -2.20. The zero-order valence-corrected chi connectivity index (χ0v) is 12.9. The van der Waals surface area contributed by atoms with Crippen LogP contribution in [-0.2, 0) is 0 Å². The largest absolute Gasteiger partial charge is 0.409 e. The molecule has 0 amide bonds. The van der Waals surface area contributed by atoms with E-state index in [1.807, 2.05) is 0 Å². The molecule has 0 saturated heterocycles. The topological polar surface area (TPSA) is 61.8 Å². The Bertz CT molecular complexity index is 219. The van der Waals surface area contributed by atoms with Crippen LogP contribution in [0.1, 0.15) is 71.6 Å². The first-order valence-corrected chi connectivity index (χ1v) is 7.93. The molecule has 0 aliphatic heterocycles. The first kappa shape index (κ1) is 18.2. The summed E-state index contributed by atoms with van der Waals surface area (Å²) in [5.74, 6) is 0.313. The van der Waals surface area contributed by atoms with Crippen LogP contribution in [0.2, 0.25) is 0 Å². The smallest absolute Gasteiger partial charge is 0.153 e. The third-order valence-corrected chi connectivity index (χ3v) is 3.38. The predicted molar refractivity (Wildman–Crippen MR) is 82.7 cm³/mol. The van der Waals surface area contributed by atoms with E-state index in [9.17, 15) is 0 Å². The molecule has 0 aromatic rings. The fourth-order valence-electron chi connectivity index (χ4n) is 2.32. The molecule has 0 bridgehead atoms. The molecule has 0 aliphatic carbocycles. The van der Waals surface area contributed by atoms with E-state index in [4.69, 9.17) is 10.9 Å². The number of oxime groups is 1. The number of amidine groups is 1. The fraction of sp³-hybridized carbons (Fsp3) is 0.933. The first-order chi connectivity index (χ1) is 9.24. The van der Waals surface area contributed by atoms with E-state index >= 15 is 0 Å². The van der Waals surface area contributed by atoms with Crippen LogP contribution < -0.4 is 5.73 Å². The molecule has 0 atom stereocenters. The Kier molecular flexibility index (Phi) is 13.1. The maximum atomic E-state index is 8.60. The second kappa shape index (κ2) is 13.7. The van der Waals surface area contributed by atoms with Crippen LogP contribution in [-0.4, -0.2) is 35.6 Å². The highest BCUT2D eigenvalue weighted by molar-refractivity contribution is 5.81. The Hall–Kier alpha value is -0.770. The van der Waals surface area contributed by atoms with Gasteiger partial charge < -0.3 is 10.9 Å². The third kappa shape index (κ3) is 12.0. The molecule has 0 saturated carbocycles. The zero-order valence-electron chi connectivity index (χ0n) is 12.9. The van der Waals surface area contributed by atoms with Crippen LogP contribution >= 0.6 is 0 Å². The molecule has 0 aromatic heterocycles. The molecule has 4 nitrogen and oxygen atoms in total. The van der Waals surface area contributed by atoms with E-state index in [0.717, 1.165) is 19.5 Å². The van der Waals surface area contributed by atoms with Gasteiger partial charge in [-0.05, 0) is 25.9 Å². The Morgan fingerprint density at radius 3 is 2.00 bits per heavy atom. The summed E-state index contributed by atoms with van der Waals surface area (Å²) in [5.41, 5.74) is 5.56. The van der Waals surface area contributed by atoms with Crippen molar-refractivity contribution in [2.45, 2.75) is 71.6 Å². The van der Waals surface area contributed by atoms with Crippen LogP contribution in [0.25, 0.3) is 0 Å². The minimum absolute atomic E-state index is 0.313. The average molecular weight is 271 g/mol. The summed E-state index contributed by atoms with van der Waals surface area (Å²) in [7, 11) is 0. The maximum Gasteiger partial charge on any atom is 0.153 e. The van der Waals surface area contributed by atoms with Gasteiger partial charge in [-0.15, -0.1) is 0 Å². The van der Waals surface area contributed by atoms with E-state index in [1.165, 1.54) is 51.4 Å². The summed E-state index contributed by atoms with van der Waals surface area (Å²) in [5, 5.41) is 11.7. The number of hydrogen-bond donors (Lipinski definition) is 2. The van der Waals surface area contributed by atoms with Gasteiger partial charge in [0, 0.05) is 0 Å². The van der Waals surface area contributed by atoms with Gasteiger partial charge in [-0.3, -0.25) is 4.90 Å². The van der Waals surface area contributed by atoms with Crippen molar-refractivity contribution in [2.24, 2.45) is 10.9 Å². The lowest BCUT2D eigenvalue weighted by molar-refractivity contribution is 0.286. The van der Waals surface area contributed by atoms with Gasteiger partial charge in [0.15, 0.2) is 5.84 Å². The first-order valence-electron chi connectivity index (χ1n) is 7.93. The predicted octanol–water partition coefficient (Wildman–Crippen LogP) is 3.59. The van der Waals surface area contributed by atoms with E-state index in [-0.39, 0.29) is 0 Å². The summed E-state index contributed by atoms with van der Waals surface area (Å²) >= 11 is 0. The Balaban J connectivity index is 3.53. The monoisotopic (exact) mass is 271 g/mol. The zero-order chi connectivity index (χ0) is 14.3. The standard InChI is InChI=1S/C15H33N3O/c1-3-5-6-7-8-9-10-11-13-18(12-4-2)14-15(16)17-19/h19H,3-14H2,1-2H3,(H2,16,17). The molecule has 0 heterocycles. The van der Waals surface area contributed by atoms with Gasteiger partial charge in [-0.2, -0.15) is 0 Å². The van der Waals surface area contributed by atoms with Crippen molar-refractivity contribution in [1.29, 1.82) is 0 Å². The third-order valence-electron chi connectivity index (χ3n) is 3.38. The molecule has 4 heteroatoms. The lowest BCUT2D eigenvalue weighted by atomic mass is 10.1. The van der Waals surface area contributed by atoms with Crippen LogP contribution in [0.4, 0.5) is 0 Å². The van der Waals surface area contributed by atoms with Crippen LogP contribution in [0.15, 0.2) is 5.16 Å². The van der Waals surface area contributed by atoms with Gasteiger partial charge in [0.1, 0.15) is 0 Å². The van der Waals surface area contributed by atoms with Gasteiger partial charge in [-0.1, -0.05) is 63.9 Å². The molecule has 0 aromatic carbocycles. The van der Waals surface area contributed by atoms with Crippen molar-refractivity contribution in [1.82, 2.24) is 4.90 Å². The number of nitrogens with two attached hydrogens (primary N) is 1. The molecule has 114 valence electrons. The number of unbranched alkanes of at least 4 members (excludes halogenated alkanes) is 7.